The molecular weight excluding hydrogens is 423 g/mol. The number of amides is 3. The van der Waals surface area contributed by atoms with Gasteiger partial charge in [-0.1, -0.05) is 30.3 Å². The van der Waals surface area contributed by atoms with E-state index in [1.807, 2.05) is 54.9 Å². The zero-order valence-electron chi connectivity index (χ0n) is 18.3. The molecule has 3 heterocycles. The molecule has 7 nitrogen and oxygen atoms in total. The van der Waals surface area contributed by atoms with Crippen molar-refractivity contribution in [2.24, 2.45) is 0 Å². The first-order chi connectivity index (χ1) is 15.8. The molecule has 3 amide bonds. The minimum Gasteiger partial charge on any atom is -0.322 e. The number of carbonyl (C=O) groups is 3. The van der Waals surface area contributed by atoms with Crippen LogP contribution >= 0.6 is 0 Å². The molecule has 1 unspecified atom stereocenters. The van der Waals surface area contributed by atoms with E-state index in [0.29, 0.717) is 16.8 Å². The molecule has 2 aliphatic heterocycles. The number of carbonyl (C=O) groups excluding carboxylic acids is 3. The van der Waals surface area contributed by atoms with E-state index < -0.39 is 23.7 Å². The van der Waals surface area contributed by atoms with Gasteiger partial charge < -0.3 is 4.90 Å². The van der Waals surface area contributed by atoms with E-state index in [1.54, 1.807) is 6.07 Å². The lowest BCUT2D eigenvalue weighted by molar-refractivity contribution is -0.136. The molecule has 0 aliphatic carbocycles. The van der Waals surface area contributed by atoms with Gasteiger partial charge in [0.05, 0.1) is 11.4 Å². The van der Waals surface area contributed by atoms with Crippen LogP contribution in [0.2, 0.25) is 0 Å². The predicted molar refractivity (Wildman–Crippen MR) is 119 cm³/mol. The maximum Gasteiger partial charge on any atom is 0.255 e. The molecule has 168 valence electrons. The zero-order valence-corrected chi connectivity index (χ0v) is 18.3. The van der Waals surface area contributed by atoms with Gasteiger partial charge in [0.15, 0.2) is 0 Å². The first kappa shape index (κ1) is 21.1. The van der Waals surface area contributed by atoms with E-state index in [-0.39, 0.29) is 36.9 Å². The molecule has 1 aromatic heterocycles. The van der Waals surface area contributed by atoms with Crippen molar-refractivity contribution >= 4 is 17.7 Å². The standard InChI is InChI=1S/C25H23FN4O3/c1-14(2)30-22(15-6-4-3-5-7-15)12-20(28-30)18-10-16-13-29(25(33)17(16)11-19(18)26)21-8-9-23(31)27-24(21)32/h3-7,10-12,14,21H,8-9,13H2,1-2H3,(H,27,31,32). The number of nitrogens with zero attached hydrogens (tertiary/aromatic N) is 3. The highest BCUT2D eigenvalue weighted by Crippen LogP contribution is 2.35. The molecule has 2 aliphatic rings. The van der Waals surface area contributed by atoms with Crippen molar-refractivity contribution in [1.29, 1.82) is 0 Å². The summed E-state index contributed by atoms with van der Waals surface area (Å²) in [6, 6.07) is 13.8. The molecule has 0 bridgehead atoms. The van der Waals surface area contributed by atoms with Crippen molar-refractivity contribution in [2.45, 2.75) is 45.3 Å². The van der Waals surface area contributed by atoms with Crippen molar-refractivity contribution < 1.29 is 18.8 Å². The van der Waals surface area contributed by atoms with Gasteiger partial charge in [-0.2, -0.15) is 5.10 Å². The topological polar surface area (TPSA) is 84.3 Å². The number of imide groups is 1. The Bertz CT molecular complexity index is 1280. The van der Waals surface area contributed by atoms with Gasteiger partial charge >= 0.3 is 0 Å². The summed E-state index contributed by atoms with van der Waals surface area (Å²) in [5.41, 5.74) is 3.53. The highest BCUT2D eigenvalue weighted by atomic mass is 19.1. The summed E-state index contributed by atoms with van der Waals surface area (Å²) in [5.74, 6) is -1.78. The normalized spacial score (nSPS) is 18.1. The summed E-state index contributed by atoms with van der Waals surface area (Å²) < 4.78 is 17.1. The second kappa shape index (κ2) is 7.95. The molecule has 1 saturated heterocycles. The van der Waals surface area contributed by atoms with E-state index in [4.69, 9.17) is 0 Å². The number of nitrogens with one attached hydrogen (secondary N) is 1. The summed E-state index contributed by atoms with van der Waals surface area (Å²) in [7, 11) is 0. The smallest absolute Gasteiger partial charge is 0.255 e. The summed E-state index contributed by atoms with van der Waals surface area (Å²) in [5, 5.41) is 6.95. The van der Waals surface area contributed by atoms with Gasteiger partial charge in [0, 0.05) is 30.1 Å². The van der Waals surface area contributed by atoms with Crippen LogP contribution in [0.15, 0.2) is 48.5 Å². The second-order valence-electron chi connectivity index (χ2n) is 8.71. The van der Waals surface area contributed by atoms with Crippen LogP contribution in [-0.2, 0) is 16.1 Å². The Morgan fingerprint density at radius 2 is 1.82 bits per heavy atom. The molecule has 1 N–H and O–H groups in total. The number of benzene rings is 2. The highest BCUT2D eigenvalue weighted by Gasteiger charge is 2.39. The van der Waals surface area contributed by atoms with Gasteiger partial charge in [-0.05, 0) is 49.6 Å². The molecule has 0 spiro atoms. The van der Waals surface area contributed by atoms with E-state index in [0.717, 1.165) is 11.3 Å². The van der Waals surface area contributed by atoms with Gasteiger partial charge in [-0.15, -0.1) is 0 Å². The quantitative estimate of drug-likeness (QED) is 0.620. The third-order valence-electron chi connectivity index (χ3n) is 6.18. The SMILES string of the molecule is CC(C)n1nc(-c2cc3c(cc2F)C(=O)N(C2CCC(=O)NC2=O)C3)cc1-c1ccccc1. The number of piperidine rings is 1. The minimum atomic E-state index is -0.737. The molecule has 5 rings (SSSR count). The molecule has 0 radical (unpaired) electrons. The number of halogens is 1. The Kier molecular flexibility index (Phi) is 5.08. The van der Waals surface area contributed by atoms with Gasteiger partial charge in [0.1, 0.15) is 11.9 Å². The van der Waals surface area contributed by atoms with Crippen molar-refractivity contribution in [1.82, 2.24) is 20.0 Å². The summed E-state index contributed by atoms with van der Waals surface area (Å²) >= 11 is 0. The zero-order chi connectivity index (χ0) is 23.3. The lowest BCUT2D eigenvalue weighted by Gasteiger charge is -2.29. The van der Waals surface area contributed by atoms with E-state index in [9.17, 15) is 14.4 Å². The predicted octanol–water partition coefficient (Wildman–Crippen LogP) is 3.70. The van der Waals surface area contributed by atoms with Gasteiger partial charge in [-0.3, -0.25) is 24.4 Å². The van der Waals surface area contributed by atoms with E-state index in [1.165, 1.54) is 11.0 Å². The molecule has 0 saturated carbocycles. The van der Waals surface area contributed by atoms with Crippen LogP contribution in [0.25, 0.3) is 22.5 Å². The van der Waals surface area contributed by atoms with E-state index in [2.05, 4.69) is 10.4 Å². The van der Waals surface area contributed by atoms with E-state index >= 15 is 4.39 Å². The summed E-state index contributed by atoms with van der Waals surface area (Å²) in [4.78, 5) is 38.1. The first-order valence-corrected chi connectivity index (χ1v) is 11.0. The maximum absolute atomic E-state index is 15.2. The fraction of sp³-hybridized carbons (Fsp3) is 0.280. The molecule has 1 atom stereocenters. The average molecular weight is 446 g/mol. The lowest BCUT2D eigenvalue weighted by Crippen LogP contribution is -2.52. The summed E-state index contributed by atoms with van der Waals surface area (Å²) in [6.07, 6.45) is 0.435. The lowest BCUT2D eigenvalue weighted by atomic mass is 10.0. The van der Waals surface area contributed by atoms with Crippen molar-refractivity contribution in [3.05, 3.63) is 65.5 Å². The van der Waals surface area contributed by atoms with Crippen LogP contribution in [-0.4, -0.2) is 38.4 Å². The fourth-order valence-corrected chi connectivity index (χ4v) is 4.53. The largest absolute Gasteiger partial charge is 0.322 e. The van der Waals surface area contributed by atoms with Gasteiger partial charge in [0.25, 0.3) is 5.91 Å². The van der Waals surface area contributed by atoms with Crippen LogP contribution in [0.5, 0.6) is 0 Å². The maximum atomic E-state index is 15.2. The number of rotatable bonds is 4. The van der Waals surface area contributed by atoms with Crippen molar-refractivity contribution in [3.63, 3.8) is 0 Å². The number of fused-ring (bicyclic) bond motifs is 1. The van der Waals surface area contributed by atoms with Crippen molar-refractivity contribution in [3.8, 4) is 22.5 Å². The van der Waals surface area contributed by atoms with Crippen LogP contribution in [0.1, 0.15) is 48.7 Å². The molecule has 8 heteroatoms. The Morgan fingerprint density at radius 1 is 1.06 bits per heavy atom. The molecule has 2 aromatic carbocycles. The fourth-order valence-electron chi connectivity index (χ4n) is 4.53. The van der Waals surface area contributed by atoms with Crippen molar-refractivity contribution in [2.75, 3.05) is 0 Å². The summed E-state index contributed by atoms with van der Waals surface area (Å²) in [6.45, 7) is 4.21. The molecule has 1 fully saturated rings. The van der Waals surface area contributed by atoms with Crippen LogP contribution in [0, 0.1) is 5.82 Å². The van der Waals surface area contributed by atoms with Crippen LogP contribution < -0.4 is 5.32 Å². The number of aromatic nitrogens is 2. The van der Waals surface area contributed by atoms with Gasteiger partial charge in [0.2, 0.25) is 11.8 Å². The Balaban J connectivity index is 1.52. The number of hydrogen-bond donors (Lipinski definition) is 1. The molecule has 33 heavy (non-hydrogen) atoms. The Labute approximate surface area is 190 Å². The highest BCUT2D eigenvalue weighted by molar-refractivity contribution is 6.05. The third-order valence-corrected chi connectivity index (χ3v) is 6.18. The Hall–Kier alpha value is -3.81. The van der Waals surface area contributed by atoms with Crippen LogP contribution in [0.3, 0.4) is 0 Å². The molecular formula is C25H23FN4O3. The monoisotopic (exact) mass is 446 g/mol. The second-order valence-corrected chi connectivity index (χ2v) is 8.71. The third kappa shape index (κ3) is 3.61. The average Bonchev–Trinajstić information content (AvgIpc) is 3.36. The minimum absolute atomic E-state index is 0.0658. The van der Waals surface area contributed by atoms with Gasteiger partial charge in [-0.25, -0.2) is 4.39 Å². The van der Waals surface area contributed by atoms with Crippen LogP contribution in [0.4, 0.5) is 4.39 Å². The Morgan fingerprint density at radius 3 is 2.52 bits per heavy atom. The number of hydrogen-bond acceptors (Lipinski definition) is 4. The first-order valence-electron chi connectivity index (χ1n) is 11.0. The molecule has 3 aromatic rings.